The highest BCUT2D eigenvalue weighted by Crippen LogP contribution is 2.25. The largest absolute Gasteiger partial charge is 0.504 e. The predicted octanol–water partition coefficient (Wildman–Crippen LogP) is 3.40. The van der Waals surface area contributed by atoms with Crippen molar-refractivity contribution in [3.63, 3.8) is 0 Å². The second-order valence-corrected chi connectivity index (χ2v) is 4.69. The zero-order valence-corrected chi connectivity index (χ0v) is 12.0. The van der Waals surface area contributed by atoms with E-state index < -0.39 is 0 Å². The van der Waals surface area contributed by atoms with Gasteiger partial charge in [0.1, 0.15) is 5.82 Å². The number of fused-ring (bicyclic) bond motifs is 1. The van der Waals surface area contributed by atoms with E-state index >= 15 is 0 Å². The molecule has 0 radical (unpaired) electrons. The summed E-state index contributed by atoms with van der Waals surface area (Å²) in [7, 11) is 1.51. The van der Waals surface area contributed by atoms with Crippen LogP contribution in [0.25, 0.3) is 10.9 Å². The number of rotatable bonds is 4. The lowest BCUT2D eigenvalue weighted by molar-refractivity contribution is 0.373. The van der Waals surface area contributed by atoms with E-state index in [4.69, 9.17) is 4.74 Å². The van der Waals surface area contributed by atoms with Crippen molar-refractivity contribution >= 4 is 22.9 Å². The van der Waals surface area contributed by atoms with Crippen LogP contribution in [0.15, 0.2) is 59.7 Å². The van der Waals surface area contributed by atoms with E-state index in [1.165, 1.54) is 7.11 Å². The minimum Gasteiger partial charge on any atom is -0.504 e. The molecular weight excluding hydrogens is 278 g/mol. The van der Waals surface area contributed by atoms with Gasteiger partial charge in [-0.2, -0.15) is 5.10 Å². The molecule has 22 heavy (non-hydrogen) atoms. The van der Waals surface area contributed by atoms with Gasteiger partial charge in [-0.1, -0.05) is 18.2 Å². The third kappa shape index (κ3) is 2.98. The molecule has 0 saturated carbocycles. The molecule has 0 atom stereocenters. The first-order valence-corrected chi connectivity index (χ1v) is 6.78. The Hall–Kier alpha value is -3.08. The van der Waals surface area contributed by atoms with Gasteiger partial charge in [0.15, 0.2) is 11.5 Å². The SMILES string of the molecule is COc1ccc(C=NNc2ccc3ccccc3n2)cc1O. The van der Waals surface area contributed by atoms with Crippen LogP contribution in [0.3, 0.4) is 0 Å². The maximum Gasteiger partial charge on any atom is 0.160 e. The number of hydrazone groups is 1. The summed E-state index contributed by atoms with van der Waals surface area (Å²) in [5.41, 5.74) is 4.54. The summed E-state index contributed by atoms with van der Waals surface area (Å²) in [4.78, 5) is 4.46. The number of aromatic nitrogens is 1. The molecule has 5 nitrogen and oxygen atoms in total. The van der Waals surface area contributed by atoms with Crippen LogP contribution in [-0.2, 0) is 0 Å². The molecule has 2 aromatic carbocycles. The average Bonchev–Trinajstić information content (AvgIpc) is 2.55. The molecular formula is C17H15N3O2. The van der Waals surface area contributed by atoms with Crippen molar-refractivity contribution < 1.29 is 9.84 Å². The number of benzene rings is 2. The number of para-hydroxylation sites is 1. The molecule has 0 amide bonds. The average molecular weight is 293 g/mol. The van der Waals surface area contributed by atoms with Crippen LogP contribution in [-0.4, -0.2) is 23.4 Å². The Bertz CT molecular complexity index is 831. The number of phenolic OH excluding ortho intramolecular Hbond substituents is 1. The Morgan fingerprint density at radius 3 is 2.82 bits per heavy atom. The van der Waals surface area contributed by atoms with E-state index in [0.717, 1.165) is 16.5 Å². The van der Waals surface area contributed by atoms with Gasteiger partial charge in [0, 0.05) is 5.39 Å². The van der Waals surface area contributed by atoms with Gasteiger partial charge in [0.25, 0.3) is 0 Å². The molecule has 0 aliphatic heterocycles. The van der Waals surface area contributed by atoms with Gasteiger partial charge in [0.2, 0.25) is 0 Å². The Kier molecular flexibility index (Phi) is 3.87. The van der Waals surface area contributed by atoms with Crippen LogP contribution in [0.1, 0.15) is 5.56 Å². The van der Waals surface area contributed by atoms with Gasteiger partial charge in [-0.25, -0.2) is 4.98 Å². The van der Waals surface area contributed by atoms with Crippen LogP contribution < -0.4 is 10.2 Å². The zero-order valence-electron chi connectivity index (χ0n) is 12.0. The van der Waals surface area contributed by atoms with E-state index in [9.17, 15) is 5.11 Å². The Morgan fingerprint density at radius 1 is 1.14 bits per heavy atom. The van der Waals surface area contributed by atoms with Crippen molar-refractivity contribution in [2.24, 2.45) is 5.10 Å². The fourth-order valence-corrected chi connectivity index (χ4v) is 2.09. The third-order valence-corrected chi connectivity index (χ3v) is 3.19. The number of hydrogen-bond donors (Lipinski definition) is 2. The van der Waals surface area contributed by atoms with Crippen molar-refractivity contribution in [2.45, 2.75) is 0 Å². The second kappa shape index (κ2) is 6.13. The van der Waals surface area contributed by atoms with E-state index in [0.29, 0.717) is 11.6 Å². The lowest BCUT2D eigenvalue weighted by Gasteiger charge is -2.04. The molecule has 0 aliphatic rings. The standard InChI is InChI=1S/C17H15N3O2/c1-22-16-8-6-12(10-15(16)21)11-18-20-17-9-7-13-4-2-3-5-14(13)19-17/h2-11,21H,1H3,(H,19,20). The number of aromatic hydroxyl groups is 1. The number of methoxy groups -OCH3 is 1. The first-order chi connectivity index (χ1) is 10.8. The molecule has 110 valence electrons. The zero-order chi connectivity index (χ0) is 15.4. The summed E-state index contributed by atoms with van der Waals surface area (Å²) in [6.45, 7) is 0. The molecule has 0 saturated heterocycles. The van der Waals surface area contributed by atoms with Gasteiger partial charge < -0.3 is 9.84 Å². The van der Waals surface area contributed by atoms with Gasteiger partial charge in [-0.15, -0.1) is 0 Å². The van der Waals surface area contributed by atoms with Gasteiger partial charge in [-0.3, -0.25) is 5.43 Å². The molecule has 2 N–H and O–H groups in total. The molecule has 1 aromatic heterocycles. The number of ether oxygens (including phenoxy) is 1. The number of phenols is 1. The van der Waals surface area contributed by atoms with Gasteiger partial charge in [-0.05, 0) is 42.0 Å². The number of anilines is 1. The Morgan fingerprint density at radius 2 is 2.00 bits per heavy atom. The van der Waals surface area contributed by atoms with E-state index in [1.54, 1.807) is 24.4 Å². The summed E-state index contributed by atoms with van der Waals surface area (Å²) in [6, 6.07) is 16.8. The predicted molar refractivity (Wildman–Crippen MR) is 87.6 cm³/mol. The quantitative estimate of drug-likeness (QED) is 0.571. The molecule has 0 spiro atoms. The van der Waals surface area contributed by atoms with Crippen LogP contribution >= 0.6 is 0 Å². The fraction of sp³-hybridized carbons (Fsp3) is 0.0588. The monoisotopic (exact) mass is 293 g/mol. The van der Waals surface area contributed by atoms with Crippen molar-refractivity contribution in [2.75, 3.05) is 12.5 Å². The molecule has 3 rings (SSSR count). The number of nitrogens with zero attached hydrogens (tertiary/aromatic N) is 2. The topological polar surface area (TPSA) is 66.7 Å². The minimum absolute atomic E-state index is 0.0790. The molecule has 3 aromatic rings. The molecule has 0 bridgehead atoms. The molecule has 0 fully saturated rings. The van der Waals surface area contributed by atoms with Crippen LogP contribution in [0.2, 0.25) is 0 Å². The van der Waals surface area contributed by atoms with E-state index in [1.807, 2.05) is 36.4 Å². The highest BCUT2D eigenvalue weighted by atomic mass is 16.5. The van der Waals surface area contributed by atoms with Crippen molar-refractivity contribution in [1.82, 2.24) is 4.98 Å². The first kappa shape index (κ1) is 13.9. The highest BCUT2D eigenvalue weighted by molar-refractivity contribution is 5.82. The van der Waals surface area contributed by atoms with Crippen molar-refractivity contribution in [1.29, 1.82) is 0 Å². The Balaban J connectivity index is 1.74. The highest BCUT2D eigenvalue weighted by Gasteiger charge is 2.00. The second-order valence-electron chi connectivity index (χ2n) is 4.69. The number of nitrogens with one attached hydrogen (secondary N) is 1. The third-order valence-electron chi connectivity index (χ3n) is 3.19. The summed E-state index contributed by atoms with van der Waals surface area (Å²) in [6.07, 6.45) is 1.61. The van der Waals surface area contributed by atoms with E-state index in [-0.39, 0.29) is 5.75 Å². The normalized spacial score (nSPS) is 11.0. The number of pyridine rings is 1. The van der Waals surface area contributed by atoms with Crippen LogP contribution in [0, 0.1) is 0 Å². The maximum absolute atomic E-state index is 9.71. The summed E-state index contributed by atoms with van der Waals surface area (Å²) in [5.74, 6) is 1.17. The van der Waals surface area contributed by atoms with Gasteiger partial charge in [0.05, 0.1) is 18.8 Å². The lowest BCUT2D eigenvalue weighted by Crippen LogP contribution is -1.94. The molecule has 0 unspecified atom stereocenters. The molecule has 0 aliphatic carbocycles. The smallest absolute Gasteiger partial charge is 0.160 e. The fourth-order valence-electron chi connectivity index (χ4n) is 2.09. The maximum atomic E-state index is 9.71. The summed E-state index contributed by atoms with van der Waals surface area (Å²) in [5, 5.41) is 14.9. The molecule has 1 heterocycles. The number of hydrogen-bond acceptors (Lipinski definition) is 5. The summed E-state index contributed by atoms with van der Waals surface area (Å²) >= 11 is 0. The van der Waals surface area contributed by atoms with Crippen LogP contribution in [0.4, 0.5) is 5.82 Å². The minimum atomic E-state index is 0.0790. The van der Waals surface area contributed by atoms with Crippen LogP contribution in [0.5, 0.6) is 11.5 Å². The van der Waals surface area contributed by atoms with Gasteiger partial charge >= 0.3 is 0 Å². The van der Waals surface area contributed by atoms with E-state index in [2.05, 4.69) is 15.5 Å². The summed E-state index contributed by atoms with van der Waals surface area (Å²) < 4.78 is 4.99. The van der Waals surface area contributed by atoms with Crippen molar-refractivity contribution in [3.8, 4) is 11.5 Å². The molecule has 5 heteroatoms. The lowest BCUT2D eigenvalue weighted by atomic mass is 10.2. The van der Waals surface area contributed by atoms with Crippen molar-refractivity contribution in [3.05, 3.63) is 60.2 Å². The Labute approximate surface area is 127 Å². The first-order valence-electron chi connectivity index (χ1n) is 6.78.